The van der Waals surface area contributed by atoms with E-state index in [4.69, 9.17) is 10.00 Å². The minimum atomic E-state index is 0.535. The maximum Gasteiger partial charge on any atom is 0.126 e. The van der Waals surface area contributed by atoms with Crippen molar-refractivity contribution in [2.24, 2.45) is 0 Å². The van der Waals surface area contributed by atoms with Gasteiger partial charge in [-0.2, -0.15) is 5.26 Å². The number of nitriles is 1. The Hall–Kier alpha value is -1.53. The first-order valence-corrected chi connectivity index (χ1v) is 5.40. The van der Waals surface area contributed by atoms with Crippen molar-refractivity contribution in [2.75, 3.05) is 13.7 Å². The SMILES string of the molecule is COc1c(C)cc(C)cc1CNCCC#N. The summed E-state index contributed by atoms with van der Waals surface area (Å²) in [6.45, 7) is 5.58. The van der Waals surface area contributed by atoms with E-state index < -0.39 is 0 Å². The Labute approximate surface area is 97.0 Å². The van der Waals surface area contributed by atoms with Crippen LogP contribution in [-0.2, 0) is 6.54 Å². The number of benzene rings is 1. The van der Waals surface area contributed by atoms with Gasteiger partial charge in [-0.15, -0.1) is 0 Å². The molecule has 0 spiro atoms. The van der Waals surface area contributed by atoms with Crippen LogP contribution in [0.4, 0.5) is 0 Å². The zero-order valence-electron chi connectivity index (χ0n) is 10.1. The van der Waals surface area contributed by atoms with Crippen LogP contribution >= 0.6 is 0 Å². The molecule has 0 amide bonds. The minimum absolute atomic E-state index is 0.535. The lowest BCUT2D eigenvalue weighted by molar-refractivity contribution is 0.404. The van der Waals surface area contributed by atoms with Crippen LogP contribution in [0.25, 0.3) is 0 Å². The third kappa shape index (κ3) is 3.25. The molecule has 0 aliphatic heterocycles. The normalized spacial score (nSPS) is 9.88. The lowest BCUT2D eigenvalue weighted by Crippen LogP contribution is -2.15. The standard InChI is InChI=1S/C13H18N2O/c1-10-7-11(2)13(16-3)12(8-10)9-15-6-4-5-14/h7-8,15H,4,6,9H2,1-3H3. The molecular formula is C13H18N2O. The zero-order valence-corrected chi connectivity index (χ0v) is 10.1. The number of nitrogens with zero attached hydrogens (tertiary/aromatic N) is 1. The number of methoxy groups -OCH3 is 1. The Kier molecular flexibility index (Phi) is 4.81. The third-order valence-electron chi connectivity index (χ3n) is 2.43. The first kappa shape index (κ1) is 12.5. The number of rotatable bonds is 5. The van der Waals surface area contributed by atoms with Crippen molar-refractivity contribution in [3.63, 3.8) is 0 Å². The molecule has 3 nitrogen and oxygen atoms in total. The molecular weight excluding hydrogens is 200 g/mol. The van der Waals surface area contributed by atoms with Crippen molar-refractivity contribution in [1.29, 1.82) is 5.26 Å². The zero-order chi connectivity index (χ0) is 12.0. The van der Waals surface area contributed by atoms with E-state index in [1.807, 2.05) is 6.92 Å². The molecule has 0 heterocycles. The Morgan fingerprint density at radius 3 is 2.75 bits per heavy atom. The van der Waals surface area contributed by atoms with Crippen LogP contribution in [0.15, 0.2) is 12.1 Å². The summed E-state index contributed by atoms with van der Waals surface area (Å²) in [5, 5.41) is 11.7. The second-order valence-corrected chi connectivity index (χ2v) is 3.86. The summed E-state index contributed by atoms with van der Waals surface area (Å²) in [5.41, 5.74) is 3.54. The Morgan fingerprint density at radius 1 is 1.38 bits per heavy atom. The highest BCUT2D eigenvalue weighted by Gasteiger charge is 2.06. The van der Waals surface area contributed by atoms with Gasteiger partial charge in [-0.25, -0.2) is 0 Å². The van der Waals surface area contributed by atoms with E-state index in [0.29, 0.717) is 13.0 Å². The van der Waals surface area contributed by atoms with Crippen molar-refractivity contribution in [1.82, 2.24) is 5.32 Å². The predicted octanol–water partition coefficient (Wildman–Crippen LogP) is 2.32. The fourth-order valence-corrected chi connectivity index (χ4v) is 1.83. The summed E-state index contributed by atoms with van der Waals surface area (Å²) in [5.74, 6) is 0.940. The molecule has 0 saturated heterocycles. The molecule has 0 aliphatic rings. The molecule has 0 saturated carbocycles. The van der Waals surface area contributed by atoms with Crippen molar-refractivity contribution in [2.45, 2.75) is 26.8 Å². The van der Waals surface area contributed by atoms with Gasteiger partial charge in [0.1, 0.15) is 5.75 Å². The predicted molar refractivity (Wildman–Crippen MR) is 64.4 cm³/mol. The maximum atomic E-state index is 8.44. The highest BCUT2D eigenvalue weighted by atomic mass is 16.5. The largest absolute Gasteiger partial charge is 0.496 e. The molecule has 1 aromatic rings. The molecule has 0 aliphatic carbocycles. The average molecular weight is 218 g/mol. The van der Waals surface area contributed by atoms with Gasteiger partial charge in [0.2, 0.25) is 0 Å². The highest BCUT2D eigenvalue weighted by Crippen LogP contribution is 2.24. The minimum Gasteiger partial charge on any atom is -0.496 e. The fourth-order valence-electron chi connectivity index (χ4n) is 1.83. The summed E-state index contributed by atoms with van der Waals surface area (Å²) in [6.07, 6.45) is 0.535. The van der Waals surface area contributed by atoms with Crippen LogP contribution in [-0.4, -0.2) is 13.7 Å². The van der Waals surface area contributed by atoms with Crippen LogP contribution < -0.4 is 10.1 Å². The van der Waals surface area contributed by atoms with Gasteiger partial charge < -0.3 is 10.1 Å². The van der Waals surface area contributed by atoms with E-state index >= 15 is 0 Å². The van der Waals surface area contributed by atoms with Gasteiger partial charge in [-0.1, -0.05) is 17.7 Å². The van der Waals surface area contributed by atoms with E-state index in [2.05, 4.69) is 30.4 Å². The van der Waals surface area contributed by atoms with Crippen molar-refractivity contribution in [3.8, 4) is 11.8 Å². The number of nitrogens with one attached hydrogen (secondary N) is 1. The Bertz CT molecular complexity index is 394. The number of aryl methyl sites for hydroxylation is 2. The van der Waals surface area contributed by atoms with Crippen LogP contribution in [0.3, 0.4) is 0 Å². The molecule has 0 atom stereocenters. The van der Waals surface area contributed by atoms with Crippen LogP contribution in [0.2, 0.25) is 0 Å². The molecule has 0 bridgehead atoms. The smallest absolute Gasteiger partial charge is 0.126 e. The summed E-state index contributed by atoms with van der Waals surface area (Å²) in [6, 6.07) is 6.34. The topological polar surface area (TPSA) is 45.0 Å². The summed E-state index contributed by atoms with van der Waals surface area (Å²) in [7, 11) is 1.69. The van der Waals surface area contributed by atoms with Gasteiger partial charge in [0.25, 0.3) is 0 Å². The average Bonchev–Trinajstić information content (AvgIpc) is 2.24. The second kappa shape index (κ2) is 6.14. The number of hydrogen-bond acceptors (Lipinski definition) is 3. The lowest BCUT2D eigenvalue weighted by atomic mass is 10.1. The van der Waals surface area contributed by atoms with Gasteiger partial charge in [-0.3, -0.25) is 0 Å². The quantitative estimate of drug-likeness (QED) is 0.771. The van der Waals surface area contributed by atoms with E-state index in [1.165, 1.54) is 5.56 Å². The number of ether oxygens (including phenoxy) is 1. The molecule has 0 radical (unpaired) electrons. The Balaban J connectivity index is 2.74. The van der Waals surface area contributed by atoms with Crippen LogP contribution in [0, 0.1) is 25.2 Å². The van der Waals surface area contributed by atoms with Crippen molar-refractivity contribution < 1.29 is 4.74 Å². The summed E-state index contributed by atoms with van der Waals surface area (Å²) < 4.78 is 5.38. The fraction of sp³-hybridized carbons (Fsp3) is 0.462. The van der Waals surface area contributed by atoms with Gasteiger partial charge in [-0.05, 0) is 19.4 Å². The molecule has 1 aromatic carbocycles. The third-order valence-corrected chi connectivity index (χ3v) is 2.43. The van der Waals surface area contributed by atoms with Crippen LogP contribution in [0.5, 0.6) is 5.75 Å². The molecule has 0 fully saturated rings. The van der Waals surface area contributed by atoms with E-state index in [-0.39, 0.29) is 0 Å². The lowest BCUT2D eigenvalue weighted by Gasteiger charge is -2.13. The van der Waals surface area contributed by atoms with Crippen molar-refractivity contribution in [3.05, 3.63) is 28.8 Å². The van der Waals surface area contributed by atoms with Crippen LogP contribution in [0.1, 0.15) is 23.1 Å². The molecule has 0 unspecified atom stereocenters. The van der Waals surface area contributed by atoms with E-state index in [0.717, 1.165) is 23.4 Å². The monoisotopic (exact) mass is 218 g/mol. The molecule has 16 heavy (non-hydrogen) atoms. The van der Waals surface area contributed by atoms with E-state index in [1.54, 1.807) is 7.11 Å². The number of hydrogen-bond donors (Lipinski definition) is 1. The van der Waals surface area contributed by atoms with E-state index in [9.17, 15) is 0 Å². The molecule has 86 valence electrons. The van der Waals surface area contributed by atoms with Crippen molar-refractivity contribution >= 4 is 0 Å². The van der Waals surface area contributed by atoms with Gasteiger partial charge in [0.15, 0.2) is 0 Å². The first-order valence-electron chi connectivity index (χ1n) is 5.40. The molecule has 0 aromatic heterocycles. The molecule has 3 heteroatoms. The first-order chi connectivity index (χ1) is 7.69. The summed E-state index contributed by atoms with van der Waals surface area (Å²) >= 11 is 0. The van der Waals surface area contributed by atoms with Gasteiger partial charge >= 0.3 is 0 Å². The Morgan fingerprint density at radius 2 is 2.12 bits per heavy atom. The highest BCUT2D eigenvalue weighted by molar-refractivity contribution is 5.43. The molecule has 1 rings (SSSR count). The second-order valence-electron chi connectivity index (χ2n) is 3.86. The van der Waals surface area contributed by atoms with Gasteiger partial charge in [0, 0.05) is 25.1 Å². The van der Waals surface area contributed by atoms with Gasteiger partial charge in [0.05, 0.1) is 13.2 Å². The summed E-state index contributed by atoms with van der Waals surface area (Å²) in [4.78, 5) is 0. The molecule has 1 N–H and O–H groups in total. The maximum absolute atomic E-state index is 8.44.